The standard InChI is InChI=1S/C12H20N4O2S/c1-4-14-12(10(17)18-3)6-5-9(7-12)19-11-13-8-15-16(11)2/h8-9,14H,4-7H2,1-3H3. The number of thioether (sulfide) groups is 1. The number of methoxy groups -OCH3 is 1. The fourth-order valence-electron chi connectivity index (χ4n) is 2.59. The molecule has 7 heteroatoms. The third kappa shape index (κ3) is 2.92. The van der Waals surface area contributed by atoms with E-state index in [9.17, 15) is 4.79 Å². The van der Waals surface area contributed by atoms with E-state index in [1.54, 1.807) is 22.8 Å². The quantitative estimate of drug-likeness (QED) is 0.813. The Bertz CT molecular complexity index is 451. The summed E-state index contributed by atoms with van der Waals surface area (Å²) in [5.41, 5.74) is -0.528. The number of aryl methyl sites for hydroxylation is 1. The number of aromatic nitrogens is 3. The first-order valence-corrected chi connectivity index (χ1v) is 7.33. The van der Waals surface area contributed by atoms with Gasteiger partial charge in [-0.25, -0.2) is 9.67 Å². The molecule has 1 aromatic rings. The maximum atomic E-state index is 12.0. The van der Waals surface area contributed by atoms with Gasteiger partial charge in [-0.15, -0.1) is 0 Å². The van der Waals surface area contributed by atoms with Crippen molar-refractivity contribution in [3.05, 3.63) is 6.33 Å². The van der Waals surface area contributed by atoms with Gasteiger partial charge in [-0.05, 0) is 25.8 Å². The normalized spacial score (nSPS) is 26.6. The van der Waals surface area contributed by atoms with Crippen LogP contribution in [0.5, 0.6) is 0 Å². The van der Waals surface area contributed by atoms with E-state index in [0.29, 0.717) is 5.25 Å². The second-order valence-electron chi connectivity index (χ2n) is 4.75. The molecule has 2 atom stereocenters. The SMILES string of the molecule is CCNC1(C(=O)OC)CCC(Sc2ncnn2C)C1. The van der Waals surface area contributed by atoms with Gasteiger partial charge in [-0.3, -0.25) is 4.79 Å². The van der Waals surface area contributed by atoms with Crippen molar-refractivity contribution < 1.29 is 9.53 Å². The molecule has 1 saturated carbocycles. The van der Waals surface area contributed by atoms with E-state index in [1.807, 2.05) is 14.0 Å². The molecule has 6 nitrogen and oxygen atoms in total. The number of rotatable bonds is 5. The van der Waals surface area contributed by atoms with Gasteiger partial charge >= 0.3 is 5.97 Å². The maximum Gasteiger partial charge on any atom is 0.326 e. The Morgan fingerprint density at radius 2 is 2.53 bits per heavy atom. The summed E-state index contributed by atoms with van der Waals surface area (Å²) in [5, 5.41) is 8.62. The molecule has 0 amide bonds. The number of hydrogen-bond acceptors (Lipinski definition) is 6. The van der Waals surface area contributed by atoms with Gasteiger partial charge in [0.15, 0.2) is 5.16 Å². The average molecular weight is 284 g/mol. The number of nitrogens with one attached hydrogen (secondary N) is 1. The predicted molar refractivity (Wildman–Crippen MR) is 72.9 cm³/mol. The van der Waals surface area contributed by atoms with Crippen LogP contribution in [0.3, 0.4) is 0 Å². The molecule has 19 heavy (non-hydrogen) atoms. The summed E-state index contributed by atoms with van der Waals surface area (Å²) in [6, 6.07) is 0. The van der Waals surface area contributed by atoms with Gasteiger partial charge in [0.25, 0.3) is 0 Å². The molecule has 2 unspecified atom stereocenters. The molecule has 0 radical (unpaired) electrons. The zero-order valence-electron chi connectivity index (χ0n) is 11.5. The highest BCUT2D eigenvalue weighted by Crippen LogP contribution is 2.40. The topological polar surface area (TPSA) is 69.0 Å². The fourth-order valence-corrected chi connectivity index (χ4v) is 3.80. The smallest absolute Gasteiger partial charge is 0.326 e. The highest BCUT2D eigenvalue weighted by molar-refractivity contribution is 7.99. The van der Waals surface area contributed by atoms with Crippen molar-refractivity contribution in [2.24, 2.45) is 7.05 Å². The fraction of sp³-hybridized carbons (Fsp3) is 0.750. The third-order valence-electron chi connectivity index (χ3n) is 3.50. The Labute approximate surface area is 117 Å². The molecule has 0 saturated heterocycles. The second-order valence-corrected chi connectivity index (χ2v) is 6.02. The number of ether oxygens (including phenoxy) is 1. The van der Waals surface area contributed by atoms with Gasteiger partial charge in [0.2, 0.25) is 0 Å². The first-order chi connectivity index (χ1) is 9.11. The summed E-state index contributed by atoms with van der Waals surface area (Å²) in [7, 11) is 3.33. The Morgan fingerprint density at radius 1 is 1.74 bits per heavy atom. The van der Waals surface area contributed by atoms with Gasteiger partial charge < -0.3 is 10.1 Å². The summed E-state index contributed by atoms with van der Waals surface area (Å²) >= 11 is 1.68. The van der Waals surface area contributed by atoms with Crippen LogP contribution in [-0.2, 0) is 16.6 Å². The number of carbonyl (C=O) groups excluding carboxylic acids is 1. The van der Waals surface area contributed by atoms with E-state index < -0.39 is 5.54 Å². The van der Waals surface area contributed by atoms with Gasteiger partial charge in [0, 0.05) is 12.3 Å². The lowest BCUT2D eigenvalue weighted by atomic mass is 9.98. The predicted octanol–water partition coefficient (Wildman–Crippen LogP) is 0.981. The first-order valence-electron chi connectivity index (χ1n) is 6.45. The first kappa shape index (κ1) is 14.3. The Hall–Kier alpha value is -1.08. The third-order valence-corrected chi connectivity index (χ3v) is 4.82. The Balaban J connectivity index is 2.04. The molecule has 0 bridgehead atoms. The van der Waals surface area contributed by atoms with Crippen molar-refractivity contribution >= 4 is 17.7 Å². The summed E-state index contributed by atoms with van der Waals surface area (Å²) in [5.74, 6) is -0.157. The van der Waals surface area contributed by atoms with Crippen LogP contribution in [0.25, 0.3) is 0 Å². The van der Waals surface area contributed by atoms with E-state index in [2.05, 4.69) is 15.4 Å². The van der Waals surface area contributed by atoms with Crippen LogP contribution in [0.15, 0.2) is 11.5 Å². The summed E-state index contributed by atoms with van der Waals surface area (Å²) in [6.45, 7) is 2.77. The highest BCUT2D eigenvalue weighted by atomic mass is 32.2. The number of hydrogen-bond donors (Lipinski definition) is 1. The summed E-state index contributed by atoms with van der Waals surface area (Å²) in [6.07, 6.45) is 4.10. The van der Waals surface area contributed by atoms with Gasteiger partial charge in [0.05, 0.1) is 7.11 Å². The maximum absolute atomic E-state index is 12.0. The van der Waals surface area contributed by atoms with Crippen LogP contribution in [-0.4, -0.2) is 45.2 Å². The van der Waals surface area contributed by atoms with Crippen LogP contribution < -0.4 is 5.32 Å². The van der Waals surface area contributed by atoms with Crippen molar-refractivity contribution in [2.75, 3.05) is 13.7 Å². The molecule has 0 spiro atoms. The van der Waals surface area contributed by atoms with E-state index in [0.717, 1.165) is 31.0 Å². The summed E-state index contributed by atoms with van der Waals surface area (Å²) in [4.78, 5) is 16.2. The molecule has 1 fully saturated rings. The molecule has 1 aliphatic rings. The second kappa shape index (κ2) is 5.92. The molecule has 1 N–H and O–H groups in total. The summed E-state index contributed by atoms with van der Waals surface area (Å²) < 4.78 is 6.71. The van der Waals surface area contributed by atoms with Gasteiger partial charge in [-0.2, -0.15) is 5.10 Å². The Kier molecular flexibility index (Phi) is 4.46. The molecular weight excluding hydrogens is 264 g/mol. The van der Waals surface area contributed by atoms with Crippen molar-refractivity contribution in [1.82, 2.24) is 20.1 Å². The van der Waals surface area contributed by atoms with E-state index in [4.69, 9.17) is 4.74 Å². The van der Waals surface area contributed by atoms with Crippen molar-refractivity contribution in [2.45, 2.75) is 42.1 Å². The molecule has 1 aliphatic carbocycles. The molecule has 0 aliphatic heterocycles. The minimum absolute atomic E-state index is 0.157. The number of esters is 1. The number of nitrogens with zero attached hydrogens (tertiary/aromatic N) is 3. The van der Waals surface area contributed by atoms with E-state index >= 15 is 0 Å². The van der Waals surface area contributed by atoms with Crippen LogP contribution in [0.4, 0.5) is 0 Å². The molecule has 2 rings (SSSR count). The van der Waals surface area contributed by atoms with Crippen molar-refractivity contribution in [3.8, 4) is 0 Å². The van der Waals surface area contributed by atoms with Crippen LogP contribution in [0, 0.1) is 0 Å². The molecule has 1 aromatic heterocycles. The number of carbonyl (C=O) groups is 1. The van der Waals surface area contributed by atoms with Crippen molar-refractivity contribution in [3.63, 3.8) is 0 Å². The highest BCUT2D eigenvalue weighted by Gasteiger charge is 2.46. The average Bonchev–Trinajstić information content (AvgIpc) is 2.98. The van der Waals surface area contributed by atoms with E-state index in [1.165, 1.54) is 7.11 Å². The lowest BCUT2D eigenvalue weighted by molar-refractivity contribution is -0.148. The van der Waals surface area contributed by atoms with Gasteiger partial charge in [-0.1, -0.05) is 18.7 Å². The monoisotopic (exact) mass is 284 g/mol. The van der Waals surface area contributed by atoms with Crippen LogP contribution >= 0.6 is 11.8 Å². The molecule has 1 heterocycles. The minimum atomic E-state index is -0.528. The Morgan fingerprint density at radius 3 is 3.11 bits per heavy atom. The zero-order valence-corrected chi connectivity index (χ0v) is 12.4. The molecule has 106 valence electrons. The molecular formula is C12H20N4O2S. The largest absolute Gasteiger partial charge is 0.468 e. The minimum Gasteiger partial charge on any atom is -0.468 e. The molecule has 0 aromatic carbocycles. The lowest BCUT2D eigenvalue weighted by Gasteiger charge is -2.27. The zero-order chi connectivity index (χ0) is 13.9. The number of likely N-dealkylation sites (N-methyl/N-ethyl adjacent to an activating group) is 1. The lowest BCUT2D eigenvalue weighted by Crippen LogP contribution is -2.50. The van der Waals surface area contributed by atoms with Crippen LogP contribution in [0.2, 0.25) is 0 Å². The van der Waals surface area contributed by atoms with Crippen LogP contribution in [0.1, 0.15) is 26.2 Å². The van der Waals surface area contributed by atoms with Gasteiger partial charge in [0.1, 0.15) is 11.9 Å². The van der Waals surface area contributed by atoms with E-state index in [-0.39, 0.29) is 5.97 Å². The van der Waals surface area contributed by atoms with Crippen molar-refractivity contribution in [1.29, 1.82) is 0 Å².